The average molecular weight is 274 g/mol. The van der Waals surface area contributed by atoms with Gasteiger partial charge < -0.3 is 15.8 Å². The molecule has 1 heterocycles. The second-order valence-electron chi connectivity index (χ2n) is 4.50. The van der Waals surface area contributed by atoms with Crippen LogP contribution in [0.2, 0.25) is 0 Å². The number of H-pyrrole nitrogens is 1. The molecule has 0 spiro atoms. The highest BCUT2D eigenvalue weighted by molar-refractivity contribution is 6.06. The van der Waals surface area contributed by atoms with Crippen LogP contribution in [-0.4, -0.2) is 22.7 Å². The van der Waals surface area contributed by atoms with Gasteiger partial charge in [-0.15, -0.1) is 0 Å². The van der Waals surface area contributed by atoms with Crippen molar-refractivity contribution < 1.29 is 9.53 Å². The topological polar surface area (TPSA) is 93.0 Å². The Hall–Kier alpha value is -2.50. The number of nitrogens with two attached hydrogens (primary N) is 1. The molecule has 106 valence electrons. The molecular formula is C14H18N4O2. The van der Waals surface area contributed by atoms with E-state index in [1.54, 1.807) is 0 Å². The molecule has 6 heteroatoms. The number of rotatable bonds is 5. The van der Waals surface area contributed by atoms with Crippen LogP contribution in [0.5, 0.6) is 5.75 Å². The number of carbonyl (C=O) groups is 1. The normalized spacial score (nSPS) is 10.3. The maximum absolute atomic E-state index is 12.1. The summed E-state index contributed by atoms with van der Waals surface area (Å²) < 4.78 is 5.64. The van der Waals surface area contributed by atoms with E-state index in [0.29, 0.717) is 23.7 Å². The molecule has 0 unspecified atom stereocenters. The van der Waals surface area contributed by atoms with Crippen LogP contribution in [-0.2, 0) is 0 Å². The zero-order chi connectivity index (χ0) is 14.5. The van der Waals surface area contributed by atoms with E-state index in [9.17, 15) is 4.79 Å². The predicted molar refractivity (Wildman–Crippen MR) is 77.9 cm³/mol. The van der Waals surface area contributed by atoms with E-state index in [0.717, 1.165) is 12.0 Å². The first-order valence-electron chi connectivity index (χ1n) is 6.45. The van der Waals surface area contributed by atoms with Gasteiger partial charge in [0.05, 0.1) is 24.2 Å². The Balaban J connectivity index is 2.20. The summed E-state index contributed by atoms with van der Waals surface area (Å²) >= 11 is 0. The van der Waals surface area contributed by atoms with Crippen molar-refractivity contribution in [2.24, 2.45) is 0 Å². The number of benzene rings is 1. The number of aromatic nitrogens is 2. The van der Waals surface area contributed by atoms with Crippen molar-refractivity contribution in [3.63, 3.8) is 0 Å². The Kier molecular flexibility index (Phi) is 4.24. The Labute approximate surface area is 117 Å². The van der Waals surface area contributed by atoms with Gasteiger partial charge in [0.25, 0.3) is 5.91 Å². The summed E-state index contributed by atoms with van der Waals surface area (Å²) in [6.45, 7) is 4.59. The van der Waals surface area contributed by atoms with Gasteiger partial charge >= 0.3 is 0 Å². The van der Waals surface area contributed by atoms with Crippen molar-refractivity contribution in [3.05, 3.63) is 35.7 Å². The second kappa shape index (κ2) is 6.10. The number of hydrogen-bond acceptors (Lipinski definition) is 4. The van der Waals surface area contributed by atoms with Gasteiger partial charge in [-0.3, -0.25) is 9.89 Å². The number of aryl methyl sites for hydroxylation is 1. The molecule has 6 nitrogen and oxygen atoms in total. The number of anilines is 2. The standard InChI is InChI=1S/C14H18N4O2/c1-3-6-20-12-7-9(2)4-5-11(12)17-14(19)13-10(15)8-16-18-13/h4-5,7-8H,3,6,15H2,1-2H3,(H,16,18)(H,17,19). The zero-order valence-electron chi connectivity index (χ0n) is 11.6. The van der Waals surface area contributed by atoms with Crippen molar-refractivity contribution in [2.45, 2.75) is 20.3 Å². The quantitative estimate of drug-likeness (QED) is 0.780. The Bertz CT molecular complexity index is 607. The van der Waals surface area contributed by atoms with Crippen molar-refractivity contribution >= 4 is 17.3 Å². The molecule has 0 saturated carbocycles. The fourth-order valence-electron chi connectivity index (χ4n) is 1.73. The summed E-state index contributed by atoms with van der Waals surface area (Å²) in [6, 6.07) is 5.61. The summed E-state index contributed by atoms with van der Waals surface area (Å²) in [7, 11) is 0. The average Bonchev–Trinajstić information content (AvgIpc) is 2.85. The molecule has 0 saturated heterocycles. The van der Waals surface area contributed by atoms with Gasteiger partial charge in [0.15, 0.2) is 0 Å². The minimum absolute atomic E-state index is 0.243. The highest BCUT2D eigenvalue weighted by atomic mass is 16.5. The molecule has 0 atom stereocenters. The number of amides is 1. The minimum atomic E-state index is -0.342. The molecule has 20 heavy (non-hydrogen) atoms. The van der Waals surface area contributed by atoms with Crippen LogP contribution < -0.4 is 15.8 Å². The van der Waals surface area contributed by atoms with Gasteiger partial charge in [0.1, 0.15) is 11.4 Å². The molecule has 0 aliphatic heterocycles. The lowest BCUT2D eigenvalue weighted by molar-refractivity contribution is 0.102. The lowest BCUT2D eigenvalue weighted by atomic mass is 10.2. The van der Waals surface area contributed by atoms with Gasteiger partial charge in [0, 0.05) is 0 Å². The SMILES string of the molecule is CCCOc1cc(C)ccc1NC(=O)c1[nH]ncc1N. The maximum atomic E-state index is 12.1. The zero-order valence-corrected chi connectivity index (χ0v) is 11.6. The molecule has 1 amide bonds. The first kappa shape index (κ1) is 13.9. The third kappa shape index (κ3) is 3.09. The Morgan fingerprint density at radius 2 is 2.30 bits per heavy atom. The van der Waals surface area contributed by atoms with Gasteiger partial charge in [-0.25, -0.2) is 0 Å². The first-order valence-corrected chi connectivity index (χ1v) is 6.45. The third-order valence-corrected chi connectivity index (χ3v) is 2.74. The monoisotopic (exact) mass is 274 g/mol. The molecule has 1 aromatic heterocycles. The predicted octanol–water partition coefficient (Wildman–Crippen LogP) is 2.34. The van der Waals surface area contributed by atoms with E-state index in [4.69, 9.17) is 10.5 Å². The van der Waals surface area contributed by atoms with Gasteiger partial charge in [-0.2, -0.15) is 5.10 Å². The number of nitrogens with zero attached hydrogens (tertiary/aromatic N) is 1. The number of aromatic amines is 1. The smallest absolute Gasteiger partial charge is 0.275 e. The van der Waals surface area contributed by atoms with E-state index in [1.165, 1.54) is 6.20 Å². The van der Waals surface area contributed by atoms with Crippen molar-refractivity contribution in [2.75, 3.05) is 17.7 Å². The van der Waals surface area contributed by atoms with Crippen LogP contribution in [0.15, 0.2) is 24.4 Å². The number of nitrogens with one attached hydrogen (secondary N) is 2. The summed E-state index contributed by atoms with van der Waals surface area (Å²) in [6.07, 6.45) is 2.30. The van der Waals surface area contributed by atoms with Crippen LogP contribution in [0.4, 0.5) is 11.4 Å². The van der Waals surface area contributed by atoms with Crippen LogP contribution in [0, 0.1) is 6.92 Å². The van der Waals surface area contributed by atoms with Crippen molar-refractivity contribution in [3.8, 4) is 5.75 Å². The first-order chi connectivity index (χ1) is 9.61. The van der Waals surface area contributed by atoms with E-state index >= 15 is 0 Å². The van der Waals surface area contributed by atoms with E-state index in [-0.39, 0.29) is 11.6 Å². The van der Waals surface area contributed by atoms with Gasteiger partial charge in [-0.1, -0.05) is 13.0 Å². The Morgan fingerprint density at radius 3 is 2.95 bits per heavy atom. The van der Waals surface area contributed by atoms with E-state index < -0.39 is 0 Å². The lowest BCUT2D eigenvalue weighted by Crippen LogP contribution is -2.15. The minimum Gasteiger partial charge on any atom is -0.491 e. The van der Waals surface area contributed by atoms with Crippen LogP contribution in [0.25, 0.3) is 0 Å². The molecule has 0 radical (unpaired) electrons. The largest absolute Gasteiger partial charge is 0.491 e. The summed E-state index contributed by atoms with van der Waals surface area (Å²) in [5.74, 6) is 0.309. The van der Waals surface area contributed by atoms with Crippen molar-refractivity contribution in [1.29, 1.82) is 0 Å². The molecule has 0 aliphatic rings. The van der Waals surface area contributed by atoms with E-state index in [1.807, 2.05) is 32.0 Å². The second-order valence-corrected chi connectivity index (χ2v) is 4.50. The summed E-state index contributed by atoms with van der Waals surface area (Å²) in [5.41, 5.74) is 7.88. The highest BCUT2D eigenvalue weighted by Gasteiger charge is 2.14. The van der Waals surface area contributed by atoms with Crippen molar-refractivity contribution in [1.82, 2.24) is 10.2 Å². The number of nitrogen functional groups attached to an aromatic ring is 1. The number of hydrogen-bond donors (Lipinski definition) is 3. The summed E-state index contributed by atoms with van der Waals surface area (Å²) in [5, 5.41) is 9.07. The molecule has 4 N–H and O–H groups in total. The number of ether oxygens (including phenoxy) is 1. The highest BCUT2D eigenvalue weighted by Crippen LogP contribution is 2.26. The summed E-state index contributed by atoms with van der Waals surface area (Å²) in [4.78, 5) is 12.1. The molecule has 0 aliphatic carbocycles. The number of carbonyl (C=O) groups excluding carboxylic acids is 1. The third-order valence-electron chi connectivity index (χ3n) is 2.74. The van der Waals surface area contributed by atoms with Crippen LogP contribution >= 0.6 is 0 Å². The van der Waals surface area contributed by atoms with Crippen LogP contribution in [0.1, 0.15) is 29.4 Å². The maximum Gasteiger partial charge on any atom is 0.275 e. The van der Waals surface area contributed by atoms with Crippen LogP contribution in [0.3, 0.4) is 0 Å². The van der Waals surface area contributed by atoms with Gasteiger partial charge in [0.2, 0.25) is 0 Å². The molecule has 2 rings (SSSR count). The lowest BCUT2D eigenvalue weighted by Gasteiger charge is -2.12. The molecule has 1 aromatic carbocycles. The van der Waals surface area contributed by atoms with E-state index in [2.05, 4.69) is 15.5 Å². The molecule has 0 fully saturated rings. The fourth-order valence-corrected chi connectivity index (χ4v) is 1.73. The molecule has 2 aromatic rings. The molecular weight excluding hydrogens is 256 g/mol. The Morgan fingerprint density at radius 1 is 1.50 bits per heavy atom. The fraction of sp³-hybridized carbons (Fsp3) is 0.286. The van der Waals surface area contributed by atoms with Gasteiger partial charge in [-0.05, 0) is 31.0 Å². The molecule has 0 bridgehead atoms.